The molecule has 1 atom stereocenters. The second-order valence-corrected chi connectivity index (χ2v) is 11.2. The smallest absolute Gasteiger partial charge is 0.210 e. The van der Waals surface area contributed by atoms with Crippen LogP contribution >= 0.6 is 0 Å². The maximum atomic E-state index is 15.7. The molecule has 0 bridgehead atoms. The van der Waals surface area contributed by atoms with Gasteiger partial charge in [-0.2, -0.15) is 0 Å². The van der Waals surface area contributed by atoms with Gasteiger partial charge in [0.25, 0.3) is 0 Å². The van der Waals surface area contributed by atoms with Crippen LogP contribution in [0.4, 0.5) is 10.2 Å². The first kappa shape index (κ1) is 28.2. The summed E-state index contributed by atoms with van der Waals surface area (Å²) in [5.74, 6) is 7.17. The van der Waals surface area contributed by atoms with Crippen LogP contribution in [0.1, 0.15) is 30.0 Å². The predicted octanol–water partition coefficient (Wildman–Crippen LogP) is 3.53. The monoisotopic (exact) mass is 574 g/mol. The lowest BCUT2D eigenvalue weighted by Crippen LogP contribution is -2.44. The molecule has 2 saturated heterocycles. The van der Waals surface area contributed by atoms with Crippen molar-refractivity contribution in [1.82, 2.24) is 24.4 Å². The highest BCUT2D eigenvalue weighted by Crippen LogP contribution is 2.41. The van der Waals surface area contributed by atoms with E-state index < -0.39 is 0 Å². The van der Waals surface area contributed by atoms with Crippen LogP contribution in [-0.2, 0) is 9.47 Å². The van der Waals surface area contributed by atoms with Crippen LogP contribution in [0.5, 0.6) is 0 Å². The fourth-order valence-electron chi connectivity index (χ4n) is 6.35. The molecule has 0 radical (unpaired) electrons. The number of benzene rings is 1. The minimum Gasteiger partial charge on any atom is -0.481 e. The minimum absolute atomic E-state index is 0.128. The van der Waals surface area contributed by atoms with Crippen LogP contribution in [0.2, 0.25) is 0 Å². The first-order chi connectivity index (χ1) is 20.4. The second kappa shape index (κ2) is 11.7. The molecule has 0 aliphatic carbocycles. The number of halogens is 1. The van der Waals surface area contributed by atoms with Gasteiger partial charge in [0.2, 0.25) is 5.88 Å². The summed E-state index contributed by atoms with van der Waals surface area (Å²) < 4.78 is 29.0. The lowest BCUT2D eigenvalue weighted by Gasteiger charge is -2.34. The molecule has 6 rings (SSSR count). The molecule has 3 aromatic heterocycles. The molecule has 10 nitrogen and oxygen atoms in total. The second-order valence-electron chi connectivity index (χ2n) is 11.2. The van der Waals surface area contributed by atoms with E-state index in [0.717, 1.165) is 66.9 Å². The van der Waals surface area contributed by atoms with Crippen LogP contribution in [-0.4, -0.2) is 85.0 Å². The molecule has 11 heteroatoms. The summed E-state index contributed by atoms with van der Waals surface area (Å²) in [6, 6.07) is 12.9. The molecule has 2 fully saturated rings. The van der Waals surface area contributed by atoms with E-state index in [4.69, 9.17) is 31.0 Å². The normalized spacial score (nSPS) is 18.4. The van der Waals surface area contributed by atoms with Crippen molar-refractivity contribution in [2.45, 2.75) is 18.9 Å². The van der Waals surface area contributed by atoms with Gasteiger partial charge in [-0.25, -0.2) is 15.2 Å². The van der Waals surface area contributed by atoms with E-state index in [1.54, 1.807) is 19.3 Å². The average molecular weight is 575 g/mol. The molecule has 5 heterocycles. The number of rotatable bonds is 7. The van der Waals surface area contributed by atoms with E-state index in [1.165, 1.54) is 18.2 Å². The summed E-state index contributed by atoms with van der Waals surface area (Å²) in [5.41, 5.74) is 10.4. The van der Waals surface area contributed by atoms with E-state index in [0.29, 0.717) is 30.0 Å². The number of nitrogens with zero attached hydrogens (tertiary/aromatic N) is 6. The standard InChI is InChI=1S/C31H39FN8O2/c1-37-12-14-39(15-13-37)26-9-8-23-27-25(18-21(19-35-27)29(38(2)34)30(33)41-3)40(31(23)36-26)28(20-10-16-42-17-11-20)22-6-4-5-7-24(22)32/h4-9,18-20,28H,10-17,33-34H2,1-3H3/b30-29+/t28-/m0/s1. The molecule has 2 aliphatic rings. The average Bonchev–Trinajstić information content (AvgIpc) is 3.31. The molecule has 4 N–H and O–H groups in total. The van der Waals surface area contributed by atoms with E-state index >= 15 is 4.39 Å². The molecule has 1 aromatic carbocycles. The molecule has 0 spiro atoms. The third kappa shape index (κ3) is 5.12. The Labute approximate surface area is 245 Å². The highest BCUT2D eigenvalue weighted by molar-refractivity contribution is 6.05. The van der Waals surface area contributed by atoms with Gasteiger partial charge in [-0.05, 0) is 50.1 Å². The maximum absolute atomic E-state index is 15.7. The van der Waals surface area contributed by atoms with Gasteiger partial charge in [0.05, 0.1) is 24.2 Å². The Morgan fingerprint density at radius 2 is 1.86 bits per heavy atom. The molecule has 222 valence electrons. The van der Waals surface area contributed by atoms with Crippen molar-refractivity contribution in [2.75, 3.05) is 65.5 Å². The number of hydrogen-bond acceptors (Lipinski definition) is 9. The van der Waals surface area contributed by atoms with Crippen molar-refractivity contribution in [3.8, 4) is 0 Å². The van der Waals surface area contributed by atoms with E-state index in [9.17, 15) is 0 Å². The molecule has 0 unspecified atom stereocenters. The topological polar surface area (TPSA) is 111 Å². The Morgan fingerprint density at radius 1 is 1.12 bits per heavy atom. The highest BCUT2D eigenvalue weighted by atomic mass is 19.1. The molecular formula is C31H39FN8O2. The molecular weight excluding hydrogens is 535 g/mol. The van der Waals surface area contributed by atoms with Crippen molar-refractivity contribution in [3.63, 3.8) is 0 Å². The van der Waals surface area contributed by atoms with Crippen molar-refractivity contribution in [3.05, 3.63) is 71.5 Å². The zero-order chi connectivity index (χ0) is 29.4. The van der Waals surface area contributed by atoms with Crippen molar-refractivity contribution < 1.29 is 13.9 Å². The summed E-state index contributed by atoms with van der Waals surface area (Å²) in [4.78, 5) is 14.8. The molecule has 0 saturated carbocycles. The van der Waals surface area contributed by atoms with Crippen molar-refractivity contribution in [2.24, 2.45) is 17.5 Å². The number of likely N-dealkylation sites (N-methyl/N-ethyl adjacent to an activating group) is 1. The first-order valence-electron chi connectivity index (χ1n) is 14.5. The molecule has 4 aromatic rings. The highest BCUT2D eigenvalue weighted by Gasteiger charge is 2.33. The number of aromatic nitrogens is 3. The van der Waals surface area contributed by atoms with Crippen LogP contribution in [0.25, 0.3) is 27.8 Å². The largest absolute Gasteiger partial charge is 0.481 e. The van der Waals surface area contributed by atoms with Gasteiger partial charge in [0.1, 0.15) is 23.0 Å². The van der Waals surface area contributed by atoms with Gasteiger partial charge < -0.3 is 34.6 Å². The Morgan fingerprint density at radius 3 is 2.55 bits per heavy atom. The Balaban J connectivity index is 1.64. The van der Waals surface area contributed by atoms with Crippen molar-refractivity contribution >= 4 is 33.6 Å². The zero-order valence-electron chi connectivity index (χ0n) is 24.5. The van der Waals surface area contributed by atoms with Crippen molar-refractivity contribution in [1.29, 1.82) is 0 Å². The van der Waals surface area contributed by atoms with E-state index in [-0.39, 0.29) is 23.7 Å². The quantitative estimate of drug-likeness (QED) is 0.195. The van der Waals surface area contributed by atoms with Crippen LogP contribution < -0.4 is 16.5 Å². The summed E-state index contributed by atoms with van der Waals surface area (Å²) in [5, 5.41) is 2.33. The predicted molar refractivity (Wildman–Crippen MR) is 163 cm³/mol. The Hall–Kier alpha value is -3.93. The number of fused-ring (bicyclic) bond motifs is 3. The number of hydrazine groups is 1. The van der Waals surface area contributed by atoms with Gasteiger partial charge in [-0.1, -0.05) is 18.2 Å². The van der Waals surface area contributed by atoms with Crippen LogP contribution in [0.3, 0.4) is 0 Å². The van der Waals surface area contributed by atoms with Crippen LogP contribution in [0.15, 0.2) is 54.5 Å². The SMILES string of the molecule is CO/C(N)=C(\c1cnc2c3ccc(N4CCN(C)CC4)nc3n([C@H](c3ccccc3F)C3CCOCC3)c2c1)N(C)N. The number of ether oxygens (including phenoxy) is 2. The lowest BCUT2D eigenvalue weighted by atomic mass is 9.86. The van der Waals surface area contributed by atoms with Gasteiger partial charge in [-0.3, -0.25) is 4.98 Å². The summed E-state index contributed by atoms with van der Waals surface area (Å²) in [6.45, 7) is 4.98. The third-order valence-corrected chi connectivity index (χ3v) is 8.59. The van der Waals surface area contributed by atoms with Crippen LogP contribution in [0, 0.1) is 11.7 Å². The number of pyridine rings is 2. The fraction of sp³-hybridized carbons (Fsp3) is 0.419. The molecule has 2 aliphatic heterocycles. The molecule has 0 amide bonds. The number of piperazine rings is 1. The number of anilines is 1. The van der Waals surface area contributed by atoms with Gasteiger partial charge in [0, 0.05) is 69.2 Å². The lowest BCUT2D eigenvalue weighted by molar-refractivity contribution is 0.0548. The number of methoxy groups -OCH3 is 1. The summed E-state index contributed by atoms with van der Waals surface area (Å²) >= 11 is 0. The number of nitrogens with two attached hydrogens (primary N) is 2. The van der Waals surface area contributed by atoms with E-state index in [2.05, 4.69) is 33.5 Å². The Kier molecular flexibility index (Phi) is 7.89. The summed E-state index contributed by atoms with van der Waals surface area (Å²) in [7, 11) is 5.35. The summed E-state index contributed by atoms with van der Waals surface area (Å²) in [6.07, 6.45) is 3.36. The third-order valence-electron chi connectivity index (χ3n) is 8.59. The first-order valence-corrected chi connectivity index (χ1v) is 14.5. The minimum atomic E-state index is -0.329. The molecule has 42 heavy (non-hydrogen) atoms. The number of hydrogen-bond donors (Lipinski definition) is 2. The van der Waals surface area contributed by atoms with Gasteiger partial charge in [0.15, 0.2) is 0 Å². The van der Waals surface area contributed by atoms with Gasteiger partial charge >= 0.3 is 0 Å². The van der Waals surface area contributed by atoms with Gasteiger partial charge in [-0.15, -0.1) is 0 Å². The fourth-order valence-corrected chi connectivity index (χ4v) is 6.35. The Bertz CT molecular complexity index is 1610. The maximum Gasteiger partial charge on any atom is 0.210 e. The zero-order valence-corrected chi connectivity index (χ0v) is 24.5. The van der Waals surface area contributed by atoms with E-state index in [1.807, 2.05) is 18.2 Å².